The van der Waals surface area contributed by atoms with E-state index in [1.54, 1.807) is 21.9 Å². The van der Waals surface area contributed by atoms with Gasteiger partial charge in [0.1, 0.15) is 12.4 Å². The van der Waals surface area contributed by atoms with Gasteiger partial charge in [0.25, 0.3) is 5.91 Å². The normalized spacial score (nSPS) is 13.8. The van der Waals surface area contributed by atoms with E-state index in [9.17, 15) is 9.59 Å². The SMILES string of the molecule is CCOCCOc1ccccc1C(=O)N1CCN(C(=O)Nc2cccc(C)c2)CC1. The second-order valence-electron chi connectivity index (χ2n) is 7.12. The van der Waals surface area contributed by atoms with Crippen molar-refractivity contribution in [3.8, 4) is 5.75 Å². The third-order valence-corrected chi connectivity index (χ3v) is 4.93. The molecule has 1 aliphatic heterocycles. The van der Waals surface area contributed by atoms with E-state index >= 15 is 0 Å². The molecule has 1 heterocycles. The zero-order valence-corrected chi connectivity index (χ0v) is 17.6. The maximum absolute atomic E-state index is 13.0. The summed E-state index contributed by atoms with van der Waals surface area (Å²) in [5, 5.41) is 2.92. The van der Waals surface area contributed by atoms with Crippen molar-refractivity contribution < 1.29 is 19.1 Å². The molecule has 0 aliphatic carbocycles. The van der Waals surface area contributed by atoms with Crippen LogP contribution in [-0.4, -0.2) is 67.7 Å². The summed E-state index contributed by atoms with van der Waals surface area (Å²) in [6, 6.07) is 14.8. The van der Waals surface area contributed by atoms with Gasteiger partial charge in [-0.15, -0.1) is 0 Å². The van der Waals surface area contributed by atoms with Crippen LogP contribution in [0.5, 0.6) is 5.75 Å². The number of nitrogens with one attached hydrogen (secondary N) is 1. The molecule has 0 unspecified atom stereocenters. The van der Waals surface area contributed by atoms with Gasteiger partial charge in [0.15, 0.2) is 0 Å². The van der Waals surface area contributed by atoms with E-state index in [-0.39, 0.29) is 11.9 Å². The van der Waals surface area contributed by atoms with Crippen LogP contribution in [0.1, 0.15) is 22.8 Å². The van der Waals surface area contributed by atoms with Gasteiger partial charge in [-0.1, -0.05) is 24.3 Å². The molecule has 0 atom stereocenters. The minimum Gasteiger partial charge on any atom is -0.490 e. The second kappa shape index (κ2) is 10.6. The van der Waals surface area contributed by atoms with Gasteiger partial charge in [-0.2, -0.15) is 0 Å². The number of para-hydroxylation sites is 1. The van der Waals surface area contributed by atoms with Crippen LogP contribution in [0.4, 0.5) is 10.5 Å². The fourth-order valence-electron chi connectivity index (χ4n) is 3.33. The number of amides is 3. The van der Waals surface area contributed by atoms with Gasteiger partial charge < -0.3 is 24.6 Å². The molecular weight excluding hydrogens is 382 g/mol. The van der Waals surface area contributed by atoms with Crippen LogP contribution in [0.15, 0.2) is 48.5 Å². The smallest absolute Gasteiger partial charge is 0.321 e. The summed E-state index contributed by atoms with van der Waals surface area (Å²) in [4.78, 5) is 29.0. The molecule has 7 nitrogen and oxygen atoms in total. The van der Waals surface area contributed by atoms with Gasteiger partial charge in [0.05, 0.1) is 12.2 Å². The van der Waals surface area contributed by atoms with Crippen molar-refractivity contribution in [1.29, 1.82) is 0 Å². The number of nitrogens with zero attached hydrogens (tertiary/aromatic N) is 2. The van der Waals surface area contributed by atoms with Crippen molar-refractivity contribution in [2.45, 2.75) is 13.8 Å². The monoisotopic (exact) mass is 411 g/mol. The molecule has 30 heavy (non-hydrogen) atoms. The second-order valence-corrected chi connectivity index (χ2v) is 7.12. The molecule has 0 aromatic heterocycles. The first-order valence-electron chi connectivity index (χ1n) is 10.3. The standard InChI is InChI=1S/C23H29N3O4/c1-3-29-15-16-30-21-10-5-4-9-20(21)22(27)25-11-13-26(14-12-25)23(28)24-19-8-6-7-18(2)17-19/h4-10,17H,3,11-16H2,1-2H3,(H,24,28). The molecule has 7 heteroatoms. The Morgan fingerprint density at radius 1 is 0.967 bits per heavy atom. The Bertz CT molecular complexity index is 863. The molecule has 1 aliphatic rings. The van der Waals surface area contributed by atoms with Gasteiger partial charge in [0.2, 0.25) is 0 Å². The molecule has 1 fully saturated rings. The van der Waals surface area contributed by atoms with E-state index in [2.05, 4.69) is 5.32 Å². The molecule has 2 aromatic rings. The van der Waals surface area contributed by atoms with Gasteiger partial charge >= 0.3 is 6.03 Å². The Hall–Kier alpha value is -3.06. The van der Waals surface area contributed by atoms with Gasteiger partial charge in [-0.25, -0.2) is 4.79 Å². The number of hydrogen-bond acceptors (Lipinski definition) is 4. The Morgan fingerprint density at radius 3 is 2.43 bits per heavy atom. The Balaban J connectivity index is 1.54. The lowest BCUT2D eigenvalue weighted by atomic mass is 10.1. The zero-order chi connectivity index (χ0) is 21.3. The van der Waals surface area contributed by atoms with Gasteiger partial charge in [-0.3, -0.25) is 4.79 Å². The fraction of sp³-hybridized carbons (Fsp3) is 0.391. The van der Waals surface area contributed by atoms with Crippen molar-refractivity contribution in [3.05, 3.63) is 59.7 Å². The summed E-state index contributed by atoms with van der Waals surface area (Å²) >= 11 is 0. The number of hydrogen-bond donors (Lipinski definition) is 1. The fourth-order valence-corrected chi connectivity index (χ4v) is 3.33. The van der Waals surface area contributed by atoms with Gasteiger partial charge in [-0.05, 0) is 43.7 Å². The molecule has 0 radical (unpaired) electrons. The molecule has 0 bridgehead atoms. The number of aryl methyl sites for hydroxylation is 1. The van der Waals surface area contributed by atoms with Crippen molar-refractivity contribution in [3.63, 3.8) is 0 Å². The predicted octanol–water partition coefficient (Wildman–Crippen LogP) is 3.40. The average Bonchev–Trinajstić information content (AvgIpc) is 2.77. The van der Waals surface area contributed by atoms with E-state index in [4.69, 9.17) is 9.47 Å². The minimum atomic E-state index is -0.146. The number of rotatable bonds is 7. The molecular formula is C23H29N3O4. The van der Waals surface area contributed by atoms with Crippen molar-refractivity contribution in [2.75, 3.05) is 51.3 Å². The van der Waals surface area contributed by atoms with Crippen LogP contribution >= 0.6 is 0 Å². The average molecular weight is 412 g/mol. The molecule has 0 spiro atoms. The van der Waals surface area contributed by atoms with E-state index < -0.39 is 0 Å². The highest BCUT2D eigenvalue weighted by molar-refractivity contribution is 5.97. The van der Waals surface area contributed by atoms with E-state index in [0.717, 1.165) is 11.3 Å². The van der Waals surface area contributed by atoms with Crippen LogP contribution in [0, 0.1) is 6.92 Å². The third kappa shape index (κ3) is 5.73. The summed E-state index contributed by atoms with van der Waals surface area (Å²) in [6.07, 6.45) is 0. The number of ether oxygens (including phenoxy) is 2. The zero-order valence-electron chi connectivity index (χ0n) is 17.6. The highest BCUT2D eigenvalue weighted by atomic mass is 16.5. The lowest BCUT2D eigenvalue weighted by molar-refractivity contribution is 0.0663. The molecule has 0 saturated carbocycles. The molecule has 3 amide bonds. The first kappa shape index (κ1) is 21.6. The lowest BCUT2D eigenvalue weighted by Crippen LogP contribution is -2.51. The highest BCUT2D eigenvalue weighted by Crippen LogP contribution is 2.21. The van der Waals surface area contributed by atoms with Crippen LogP contribution in [0.3, 0.4) is 0 Å². The topological polar surface area (TPSA) is 71.1 Å². The number of urea groups is 1. The molecule has 1 N–H and O–H groups in total. The summed E-state index contributed by atoms with van der Waals surface area (Å²) < 4.78 is 11.0. The Kier molecular flexibility index (Phi) is 7.68. The highest BCUT2D eigenvalue weighted by Gasteiger charge is 2.26. The van der Waals surface area contributed by atoms with Crippen molar-refractivity contribution in [2.24, 2.45) is 0 Å². The third-order valence-electron chi connectivity index (χ3n) is 4.93. The number of carbonyl (C=O) groups is 2. The van der Waals surface area contributed by atoms with Crippen molar-refractivity contribution >= 4 is 17.6 Å². The van der Waals surface area contributed by atoms with Crippen LogP contribution in [0.2, 0.25) is 0 Å². The molecule has 3 rings (SSSR count). The predicted molar refractivity (Wildman–Crippen MR) is 116 cm³/mol. The minimum absolute atomic E-state index is 0.0826. The quantitative estimate of drug-likeness (QED) is 0.709. The molecule has 1 saturated heterocycles. The van der Waals surface area contributed by atoms with Gasteiger partial charge in [0, 0.05) is 38.5 Å². The summed E-state index contributed by atoms with van der Waals surface area (Å²) in [5.74, 6) is 0.475. The number of anilines is 1. The number of carbonyl (C=O) groups excluding carboxylic acids is 2. The van der Waals surface area contributed by atoms with E-state index in [1.807, 2.05) is 50.2 Å². The maximum Gasteiger partial charge on any atom is 0.321 e. The Morgan fingerprint density at radius 2 is 1.70 bits per heavy atom. The molecule has 2 aromatic carbocycles. The van der Waals surface area contributed by atoms with Crippen LogP contribution in [-0.2, 0) is 4.74 Å². The van der Waals surface area contributed by atoms with Crippen LogP contribution < -0.4 is 10.1 Å². The summed E-state index contributed by atoms with van der Waals surface area (Å²) in [7, 11) is 0. The summed E-state index contributed by atoms with van der Waals surface area (Å²) in [6.45, 7) is 7.34. The largest absolute Gasteiger partial charge is 0.490 e. The first-order valence-corrected chi connectivity index (χ1v) is 10.3. The first-order chi connectivity index (χ1) is 14.6. The number of benzene rings is 2. The van der Waals surface area contributed by atoms with E-state index in [0.29, 0.717) is 57.3 Å². The van der Waals surface area contributed by atoms with Crippen LogP contribution in [0.25, 0.3) is 0 Å². The molecule has 160 valence electrons. The lowest BCUT2D eigenvalue weighted by Gasteiger charge is -2.35. The summed E-state index contributed by atoms with van der Waals surface area (Å²) in [5.41, 5.74) is 2.40. The van der Waals surface area contributed by atoms with E-state index in [1.165, 1.54) is 0 Å². The Labute approximate surface area is 177 Å². The maximum atomic E-state index is 13.0. The van der Waals surface area contributed by atoms with Crippen molar-refractivity contribution in [1.82, 2.24) is 9.80 Å². The number of piperazine rings is 1.